The summed E-state index contributed by atoms with van der Waals surface area (Å²) >= 11 is 0. The van der Waals surface area contributed by atoms with E-state index >= 15 is 0 Å². The Morgan fingerprint density at radius 2 is 0.957 bits per heavy atom. The number of benzene rings is 2. The molecule has 0 spiro atoms. The molecule has 234 valence electrons. The second-order valence-corrected chi connectivity index (χ2v) is 9.28. The SMILES string of the molecule is O=C(Nc1ncnc2nc[nH]c12)c1ccccc1.O=C(Nc1ncnc2nc[nH]c12)c1ccccc1.O=C(O)CCCCC(=O)O. The Hall–Kier alpha value is -6.58. The molecule has 0 aliphatic heterocycles. The van der Waals surface area contributed by atoms with Crippen LogP contribution >= 0.6 is 0 Å². The minimum Gasteiger partial charge on any atom is -0.481 e. The highest BCUT2D eigenvalue weighted by molar-refractivity contribution is 6.07. The molecule has 0 bridgehead atoms. The molecule has 2 aromatic carbocycles. The minimum absolute atomic E-state index is 0.0628. The number of rotatable bonds is 9. The predicted molar refractivity (Wildman–Crippen MR) is 166 cm³/mol. The van der Waals surface area contributed by atoms with E-state index in [2.05, 4.69) is 50.5 Å². The second-order valence-electron chi connectivity index (χ2n) is 9.28. The van der Waals surface area contributed by atoms with E-state index in [0.29, 0.717) is 57.9 Å². The van der Waals surface area contributed by atoms with Gasteiger partial charge in [0.25, 0.3) is 11.8 Å². The zero-order valence-corrected chi connectivity index (χ0v) is 24.1. The molecule has 16 nitrogen and oxygen atoms in total. The van der Waals surface area contributed by atoms with Gasteiger partial charge >= 0.3 is 11.9 Å². The van der Waals surface area contributed by atoms with E-state index < -0.39 is 11.9 Å². The molecule has 0 radical (unpaired) electrons. The Labute approximate surface area is 260 Å². The van der Waals surface area contributed by atoms with Gasteiger partial charge in [0.1, 0.15) is 23.7 Å². The summed E-state index contributed by atoms with van der Waals surface area (Å²) in [7, 11) is 0. The standard InChI is InChI=1S/2C12H9N5O.C6H10O4/c2*18-12(8-4-2-1-3-5-8)17-11-9-10(14-6-13-9)15-7-16-11;7-5(8)3-1-2-4-6(9)10/h2*1-7H,(H2,13,14,15,16,17,18);1-4H2,(H,7,8)(H,9,10). The number of aromatic nitrogens is 8. The number of anilines is 2. The average Bonchev–Trinajstić information content (AvgIpc) is 3.76. The van der Waals surface area contributed by atoms with Crippen molar-refractivity contribution in [2.75, 3.05) is 10.6 Å². The molecule has 0 fully saturated rings. The number of carboxylic acids is 2. The fraction of sp³-hybridized carbons (Fsp3) is 0.133. The number of carboxylic acid groups (broad SMARTS) is 2. The first-order valence-corrected chi connectivity index (χ1v) is 13.8. The number of carbonyl (C=O) groups excluding carboxylic acids is 2. The Kier molecular flexibility index (Phi) is 11.5. The molecule has 0 saturated heterocycles. The Bertz CT molecular complexity index is 1770. The topological polar surface area (TPSA) is 242 Å². The predicted octanol–water partition coefficient (Wildman–Crippen LogP) is 3.93. The van der Waals surface area contributed by atoms with Gasteiger partial charge in [0, 0.05) is 24.0 Å². The zero-order valence-electron chi connectivity index (χ0n) is 24.1. The van der Waals surface area contributed by atoms with Crippen LogP contribution in [0.5, 0.6) is 0 Å². The lowest BCUT2D eigenvalue weighted by Crippen LogP contribution is -2.13. The lowest BCUT2D eigenvalue weighted by Gasteiger charge is -2.04. The summed E-state index contributed by atoms with van der Waals surface area (Å²) in [5.74, 6) is -1.33. The van der Waals surface area contributed by atoms with E-state index in [1.165, 1.54) is 25.3 Å². The van der Waals surface area contributed by atoms with Crippen LogP contribution in [0.3, 0.4) is 0 Å². The van der Waals surface area contributed by atoms with Crippen LogP contribution < -0.4 is 10.6 Å². The van der Waals surface area contributed by atoms with Crippen molar-refractivity contribution >= 4 is 57.7 Å². The van der Waals surface area contributed by atoms with Crippen LogP contribution in [-0.4, -0.2) is 73.8 Å². The number of H-pyrrole nitrogens is 2. The first-order valence-electron chi connectivity index (χ1n) is 13.8. The number of unbranched alkanes of at least 4 members (excludes halogenated alkanes) is 1. The molecule has 4 heterocycles. The monoisotopic (exact) mass is 624 g/mol. The molecule has 0 aliphatic rings. The van der Waals surface area contributed by atoms with Crippen LogP contribution in [0.15, 0.2) is 86.0 Å². The van der Waals surface area contributed by atoms with E-state index in [1.807, 2.05) is 12.1 Å². The van der Waals surface area contributed by atoms with Crippen LogP contribution in [0.4, 0.5) is 11.6 Å². The number of hydrogen-bond donors (Lipinski definition) is 6. The van der Waals surface area contributed by atoms with Gasteiger partial charge in [0.15, 0.2) is 22.9 Å². The van der Waals surface area contributed by atoms with Crippen molar-refractivity contribution in [3.8, 4) is 0 Å². The van der Waals surface area contributed by atoms with Crippen molar-refractivity contribution in [1.29, 1.82) is 0 Å². The maximum atomic E-state index is 12.0. The van der Waals surface area contributed by atoms with E-state index in [4.69, 9.17) is 10.2 Å². The van der Waals surface area contributed by atoms with Crippen molar-refractivity contribution in [1.82, 2.24) is 39.9 Å². The summed E-state index contributed by atoms with van der Waals surface area (Å²) in [4.78, 5) is 73.5. The lowest BCUT2D eigenvalue weighted by atomic mass is 10.2. The fourth-order valence-electron chi connectivity index (χ4n) is 3.81. The quantitative estimate of drug-likeness (QED) is 0.125. The number of imidazole rings is 2. The molecule has 0 atom stereocenters. The number of nitrogens with one attached hydrogen (secondary N) is 4. The number of fused-ring (bicyclic) bond motifs is 2. The number of amides is 2. The van der Waals surface area contributed by atoms with Crippen molar-refractivity contribution in [2.45, 2.75) is 25.7 Å². The number of hydrogen-bond acceptors (Lipinski definition) is 10. The van der Waals surface area contributed by atoms with Crippen molar-refractivity contribution in [2.24, 2.45) is 0 Å². The van der Waals surface area contributed by atoms with E-state index in [-0.39, 0.29) is 24.7 Å². The summed E-state index contributed by atoms with van der Waals surface area (Å²) in [6.45, 7) is 0. The van der Waals surface area contributed by atoms with Crippen LogP contribution in [0.25, 0.3) is 22.3 Å². The maximum absolute atomic E-state index is 12.0. The molecule has 0 saturated carbocycles. The van der Waals surface area contributed by atoms with Gasteiger partial charge in [-0.1, -0.05) is 36.4 Å². The van der Waals surface area contributed by atoms with Crippen molar-refractivity contribution in [3.05, 3.63) is 97.1 Å². The third-order valence-corrected chi connectivity index (χ3v) is 6.01. The Morgan fingerprint density at radius 1 is 0.565 bits per heavy atom. The molecule has 16 heteroatoms. The number of aliphatic carboxylic acids is 2. The van der Waals surface area contributed by atoms with Gasteiger partial charge < -0.3 is 30.8 Å². The van der Waals surface area contributed by atoms with Gasteiger partial charge in [-0.05, 0) is 37.1 Å². The first kappa shape index (κ1) is 32.3. The third-order valence-electron chi connectivity index (χ3n) is 6.01. The van der Waals surface area contributed by atoms with Gasteiger partial charge in [-0.15, -0.1) is 0 Å². The molecule has 0 aliphatic carbocycles. The maximum Gasteiger partial charge on any atom is 0.303 e. The molecular weight excluding hydrogens is 596 g/mol. The van der Waals surface area contributed by atoms with Gasteiger partial charge in [0.2, 0.25) is 0 Å². The normalized spacial score (nSPS) is 10.2. The molecule has 46 heavy (non-hydrogen) atoms. The van der Waals surface area contributed by atoms with E-state index in [9.17, 15) is 19.2 Å². The molecule has 6 rings (SSSR count). The van der Waals surface area contributed by atoms with Crippen LogP contribution in [-0.2, 0) is 9.59 Å². The first-order chi connectivity index (χ1) is 22.3. The fourth-order valence-corrected chi connectivity index (χ4v) is 3.81. The highest BCUT2D eigenvalue weighted by Crippen LogP contribution is 2.16. The van der Waals surface area contributed by atoms with Gasteiger partial charge in [-0.25, -0.2) is 29.9 Å². The molecule has 2 amide bonds. The smallest absolute Gasteiger partial charge is 0.303 e. The minimum atomic E-state index is -0.870. The van der Waals surface area contributed by atoms with Crippen LogP contribution in [0.1, 0.15) is 46.4 Å². The summed E-state index contributed by atoms with van der Waals surface area (Å²) in [5, 5.41) is 21.7. The van der Waals surface area contributed by atoms with Crippen molar-refractivity contribution < 1.29 is 29.4 Å². The largest absolute Gasteiger partial charge is 0.481 e. The third kappa shape index (κ3) is 9.46. The van der Waals surface area contributed by atoms with Gasteiger partial charge in [0.05, 0.1) is 12.7 Å². The van der Waals surface area contributed by atoms with E-state index in [0.717, 1.165) is 0 Å². The summed E-state index contributed by atoms with van der Waals surface area (Å²) in [6.07, 6.45) is 6.77. The highest BCUT2D eigenvalue weighted by Gasteiger charge is 2.12. The molecular formula is C30H28N10O6. The Morgan fingerprint density at radius 3 is 1.33 bits per heavy atom. The summed E-state index contributed by atoms with van der Waals surface area (Å²) < 4.78 is 0. The number of aromatic amines is 2. The number of nitrogens with zero attached hydrogens (tertiary/aromatic N) is 6. The van der Waals surface area contributed by atoms with Crippen molar-refractivity contribution in [3.63, 3.8) is 0 Å². The highest BCUT2D eigenvalue weighted by atomic mass is 16.4. The molecule has 6 aromatic rings. The second kappa shape index (κ2) is 16.3. The lowest BCUT2D eigenvalue weighted by molar-refractivity contribution is -0.139. The van der Waals surface area contributed by atoms with Gasteiger partial charge in [-0.2, -0.15) is 0 Å². The molecule has 0 unspecified atom stereocenters. The van der Waals surface area contributed by atoms with E-state index in [1.54, 1.807) is 48.5 Å². The Balaban J connectivity index is 0.000000164. The van der Waals surface area contributed by atoms with Crippen LogP contribution in [0, 0.1) is 0 Å². The molecule has 6 N–H and O–H groups in total. The zero-order chi connectivity index (χ0) is 32.7. The van der Waals surface area contributed by atoms with Crippen LogP contribution in [0.2, 0.25) is 0 Å². The molecule has 4 aromatic heterocycles. The van der Waals surface area contributed by atoms with Gasteiger partial charge in [-0.3, -0.25) is 19.2 Å². The summed E-state index contributed by atoms with van der Waals surface area (Å²) in [5.41, 5.74) is 3.41. The summed E-state index contributed by atoms with van der Waals surface area (Å²) in [6, 6.07) is 17.9. The average molecular weight is 625 g/mol. The number of carbonyl (C=O) groups is 4.